The number of carbonyl (C=O) groups excluding carboxylic acids is 1. The highest BCUT2D eigenvalue weighted by Gasteiger charge is 2.12. The van der Waals surface area contributed by atoms with Gasteiger partial charge in [0.1, 0.15) is 11.6 Å². The van der Waals surface area contributed by atoms with Gasteiger partial charge in [0.15, 0.2) is 6.61 Å². The Bertz CT molecular complexity index is 543. The minimum atomic E-state index is -0.173. The lowest BCUT2D eigenvalue weighted by Crippen LogP contribution is -2.31. The van der Waals surface area contributed by atoms with Gasteiger partial charge >= 0.3 is 0 Å². The van der Waals surface area contributed by atoms with Crippen LogP contribution in [0.2, 0.25) is 5.02 Å². The fourth-order valence-corrected chi connectivity index (χ4v) is 1.58. The lowest BCUT2D eigenvalue weighted by atomic mass is 10.3. The van der Waals surface area contributed by atoms with Gasteiger partial charge in [-0.25, -0.2) is 4.98 Å². The zero-order valence-corrected chi connectivity index (χ0v) is 11.2. The summed E-state index contributed by atoms with van der Waals surface area (Å²) >= 11 is 5.77. The molecule has 0 bridgehead atoms. The maximum atomic E-state index is 11.9. The number of hydrogen-bond acceptors (Lipinski definition) is 3. The molecule has 0 saturated carbocycles. The number of ether oxygens (including phenoxy) is 1. The molecule has 1 amide bonds. The molecule has 0 aliphatic rings. The van der Waals surface area contributed by atoms with E-state index < -0.39 is 0 Å². The summed E-state index contributed by atoms with van der Waals surface area (Å²) in [5.41, 5.74) is 0. The van der Waals surface area contributed by atoms with Crippen molar-refractivity contribution in [3.8, 4) is 5.75 Å². The topological polar surface area (TPSA) is 42.4 Å². The van der Waals surface area contributed by atoms with Crippen LogP contribution in [0.5, 0.6) is 5.75 Å². The zero-order chi connectivity index (χ0) is 13.7. The lowest BCUT2D eigenvalue weighted by molar-refractivity contribution is -0.120. The number of carbonyl (C=O) groups is 1. The normalized spacial score (nSPS) is 10.0. The Hall–Kier alpha value is -2.07. The van der Waals surface area contributed by atoms with Gasteiger partial charge in [0, 0.05) is 18.3 Å². The predicted octanol–water partition coefficient (Wildman–Crippen LogP) is 2.78. The first-order valence-corrected chi connectivity index (χ1v) is 6.10. The Kier molecular flexibility index (Phi) is 4.36. The summed E-state index contributed by atoms with van der Waals surface area (Å²) in [6.07, 6.45) is 1.64. The maximum absolute atomic E-state index is 11.9. The largest absolute Gasteiger partial charge is 0.484 e. The van der Waals surface area contributed by atoms with Gasteiger partial charge < -0.3 is 4.74 Å². The van der Waals surface area contributed by atoms with Crippen molar-refractivity contribution in [1.82, 2.24) is 4.98 Å². The van der Waals surface area contributed by atoms with Crippen LogP contribution in [0.1, 0.15) is 0 Å². The van der Waals surface area contributed by atoms with Crippen molar-refractivity contribution in [1.29, 1.82) is 0 Å². The van der Waals surface area contributed by atoms with E-state index >= 15 is 0 Å². The highest BCUT2D eigenvalue weighted by molar-refractivity contribution is 6.30. The number of pyridine rings is 1. The Labute approximate surface area is 116 Å². The first-order valence-electron chi connectivity index (χ1n) is 5.73. The molecule has 2 aromatic rings. The lowest BCUT2D eigenvalue weighted by Gasteiger charge is -2.16. The summed E-state index contributed by atoms with van der Waals surface area (Å²) in [7, 11) is 1.66. The third kappa shape index (κ3) is 3.69. The van der Waals surface area contributed by atoms with Crippen LogP contribution in [0.3, 0.4) is 0 Å². The van der Waals surface area contributed by atoms with Crippen LogP contribution >= 0.6 is 11.6 Å². The fraction of sp³-hybridized carbons (Fsp3) is 0.143. The van der Waals surface area contributed by atoms with Crippen molar-refractivity contribution in [2.45, 2.75) is 0 Å². The fourth-order valence-electron chi connectivity index (χ4n) is 1.45. The average Bonchev–Trinajstić information content (AvgIpc) is 2.46. The van der Waals surface area contributed by atoms with E-state index in [0.717, 1.165) is 0 Å². The number of benzene rings is 1. The van der Waals surface area contributed by atoms with E-state index in [0.29, 0.717) is 16.6 Å². The maximum Gasteiger partial charge on any atom is 0.265 e. The van der Waals surface area contributed by atoms with Crippen molar-refractivity contribution in [2.75, 3.05) is 18.6 Å². The zero-order valence-electron chi connectivity index (χ0n) is 10.4. The molecule has 0 aliphatic carbocycles. The minimum absolute atomic E-state index is 0.0469. The third-order valence-electron chi connectivity index (χ3n) is 2.54. The Morgan fingerprint density at radius 3 is 2.63 bits per heavy atom. The minimum Gasteiger partial charge on any atom is -0.484 e. The molecule has 1 heterocycles. The number of aromatic nitrogens is 1. The van der Waals surface area contributed by atoms with Crippen LogP contribution in [-0.4, -0.2) is 24.5 Å². The van der Waals surface area contributed by atoms with Crippen molar-refractivity contribution < 1.29 is 9.53 Å². The second-order valence-corrected chi connectivity index (χ2v) is 4.32. The molecule has 0 N–H and O–H groups in total. The molecule has 0 unspecified atom stereocenters. The van der Waals surface area contributed by atoms with Gasteiger partial charge in [-0.2, -0.15) is 0 Å². The van der Waals surface area contributed by atoms with Gasteiger partial charge in [0.2, 0.25) is 0 Å². The molecule has 2 rings (SSSR count). The van der Waals surface area contributed by atoms with Crippen molar-refractivity contribution in [3.63, 3.8) is 0 Å². The molecule has 0 spiro atoms. The van der Waals surface area contributed by atoms with Crippen LogP contribution < -0.4 is 9.64 Å². The van der Waals surface area contributed by atoms with Crippen molar-refractivity contribution >= 4 is 23.3 Å². The average molecular weight is 277 g/mol. The van der Waals surface area contributed by atoms with Gasteiger partial charge in [-0.3, -0.25) is 9.69 Å². The summed E-state index contributed by atoms with van der Waals surface area (Å²) < 4.78 is 5.39. The number of rotatable bonds is 4. The molecule has 1 aromatic carbocycles. The molecule has 4 nitrogen and oxygen atoms in total. The second kappa shape index (κ2) is 6.20. The van der Waals surface area contributed by atoms with E-state index in [1.165, 1.54) is 4.90 Å². The summed E-state index contributed by atoms with van der Waals surface area (Å²) in [5.74, 6) is 1.02. The Morgan fingerprint density at radius 2 is 2.00 bits per heavy atom. The van der Waals surface area contributed by atoms with E-state index in [1.807, 2.05) is 6.07 Å². The summed E-state index contributed by atoms with van der Waals surface area (Å²) in [6, 6.07) is 12.2. The van der Waals surface area contributed by atoms with Gasteiger partial charge in [-0.15, -0.1) is 0 Å². The standard InChI is InChI=1S/C14H13ClN2O2/c1-17(13-4-2-3-9-16-13)14(18)10-19-12-7-5-11(15)6-8-12/h2-9H,10H2,1H3. The summed E-state index contributed by atoms with van der Waals surface area (Å²) in [5, 5.41) is 0.629. The summed E-state index contributed by atoms with van der Waals surface area (Å²) in [6.45, 7) is -0.0469. The van der Waals surface area contributed by atoms with Crippen LogP contribution in [0.15, 0.2) is 48.7 Å². The number of halogens is 1. The SMILES string of the molecule is CN(C(=O)COc1ccc(Cl)cc1)c1ccccn1. The van der Waals surface area contributed by atoms with Crippen LogP contribution in [0, 0.1) is 0 Å². The van der Waals surface area contributed by atoms with E-state index in [2.05, 4.69) is 4.98 Å². The molecule has 0 aliphatic heterocycles. The molecular formula is C14H13ClN2O2. The number of amides is 1. The van der Waals surface area contributed by atoms with Crippen LogP contribution in [-0.2, 0) is 4.79 Å². The van der Waals surface area contributed by atoms with Gasteiger partial charge in [0.05, 0.1) is 0 Å². The van der Waals surface area contributed by atoms with Gasteiger partial charge in [-0.05, 0) is 36.4 Å². The van der Waals surface area contributed by atoms with E-state index in [1.54, 1.807) is 49.6 Å². The molecule has 0 saturated heterocycles. The number of anilines is 1. The number of nitrogens with zero attached hydrogens (tertiary/aromatic N) is 2. The third-order valence-corrected chi connectivity index (χ3v) is 2.79. The monoisotopic (exact) mass is 276 g/mol. The van der Waals surface area contributed by atoms with Crippen LogP contribution in [0.4, 0.5) is 5.82 Å². The highest BCUT2D eigenvalue weighted by atomic mass is 35.5. The quantitative estimate of drug-likeness (QED) is 0.862. The highest BCUT2D eigenvalue weighted by Crippen LogP contribution is 2.15. The Morgan fingerprint density at radius 1 is 1.26 bits per heavy atom. The first kappa shape index (κ1) is 13.4. The van der Waals surface area contributed by atoms with E-state index in [-0.39, 0.29) is 12.5 Å². The number of hydrogen-bond donors (Lipinski definition) is 0. The van der Waals surface area contributed by atoms with Gasteiger partial charge in [-0.1, -0.05) is 17.7 Å². The molecule has 0 radical (unpaired) electrons. The molecule has 19 heavy (non-hydrogen) atoms. The second-order valence-electron chi connectivity index (χ2n) is 3.88. The van der Waals surface area contributed by atoms with Crippen molar-refractivity contribution in [2.24, 2.45) is 0 Å². The molecule has 0 fully saturated rings. The Balaban J connectivity index is 1.93. The molecule has 0 atom stereocenters. The molecular weight excluding hydrogens is 264 g/mol. The van der Waals surface area contributed by atoms with Gasteiger partial charge in [0.25, 0.3) is 5.91 Å². The summed E-state index contributed by atoms with van der Waals surface area (Å²) in [4.78, 5) is 17.5. The predicted molar refractivity (Wildman–Crippen MR) is 74.6 cm³/mol. The van der Waals surface area contributed by atoms with Crippen molar-refractivity contribution in [3.05, 3.63) is 53.7 Å². The van der Waals surface area contributed by atoms with E-state index in [9.17, 15) is 4.79 Å². The smallest absolute Gasteiger partial charge is 0.265 e. The molecule has 1 aromatic heterocycles. The molecule has 98 valence electrons. The number of likely N-dealkylation sites (N-methyl/N-ethyl adjacent to an activating group) is 1. The molecule has 5 heteroatoms. The first-order chi connectivity index (χ1) is 9.16. The van der Waals surface area contributed by atoms with Crippen LogP contribution in [0.25, 0.3) is 0 Å². The van der Waals surface area contributed by atoms with E-state index in [4.69, 9.17) is 16.3 Å².